The number of rotatable bonds is 5. The highest BCUT2D eigenvalue weighted by molar-refractivity contribution is 5.91. The monoisotopic (exact) mass is 386 g/mol. The summed E-state index contributed by atoms with van der Waals surface area (Å²) in [7, 11) is 1.24. The Bertz CT molecular complexity index is 966. The lowest BCUT2D eigenvalue weighted by Crippen LogP contribution is -2.08. The Kier molecular flexibility index (Phi) is 5.68. The molecule has 0 N–H and O–H groups in total. The minimum Gasteiger partial charge on any atom is -0.488 e. The molecule has 0 unspecified atom stereocenters. The van der Waals surface area contributed by atoms with Gasteiger partial charge in [0.2, 0.25) is 0 Å². The minimum absolute atomic E-state index is 0.0190. The Morgan fingerprint density at radius 2 is 1.57 bits per heavy atom. The fraction of sp³-hybridized carbons (Fsp3) is 0.136. The van der Waals surface area contributed by atoms with Crippen LogP contribution < -0.4 is 4.74 Å². The maximum absolute atomic E-state index is 13.5. The van der Waals surface area contributed by atoms with Crippen LogP contribution in [0, 0.1) is 0 Å². The van der Waals surface area contributed by atoms with E-state index in [0.717, 1.165) is 11.6 Å². The molecule has 0 saturated carbocycles. The first-order chi connectivity index (χ1) is 13.4. The van der Waals surface area contributed by atoms with Crippen molar-refractivity contribution in [3.05, 3.63) is 89.5 Å². The first-order valence-electron chi connectivity index (χ1n) is 8.46. The Balaban J connectivity index is 2.07. The van der Waals surface area contributed by atoms with Gasteiger partial charge >= 0.3 is 12.1 Å². The van der Waals surface area contributed by atoms with E-state index in [1.807, 2.05) is 30.3 Å². The molecule has 0 bridgehead atoms. The van der Waals surface area contributed by atoms with Crippen LogP contribution in [0.1, 0.15) is 21.5 Å². The number of hydrogen-bond donors (Lipinski definition) is 0. The lowest BCUT2D eigenvalue weighted by Gasteiger charge is -2.17. The number of hydrogen-bond acceptors (Lipinski definition) is 3. The predicted octanol–water partition coefficient (Wildman–Crippen LogP) is 5.74. The van der Waals surface area contributed by atoms with Crippen LogP contribution in [0.5, 0.6) is 5.75 Å². The van der Waals surface area contributed by atoms with Crippen molar-refractivity contribution in [2.45, 2.75) is 12.8 Å². The molecule has 6 heteroatoms. The zero-order valence-corrected chi connectivity index (χ0v) is 15.0. The van der Waals surface area contributed by atoms with Crippen LogP contribution in [0.25, 0.3) is 11.1 Å². The number of alkyl halides is 3. The van der Waals surface area contributed by atoms with E-state index in [0.29, 0.717) is 0 Å². The maximum Gasteiger partial charge on any atom is 0.417 e. The topological polar surface area (TPSA) is 35.5 Å². The van der Waals surface area contributed by atoms with Crippen LogP contribution in [0.3, 0.4) is 0 Å². The number of halogens is 3. The van der Waals surface area contributed by atoms with Gasteiger partial charge in [-0.2, -0.15) is 13.2 Å². The van der Waals surface area contributed by atoms with Crippen molar-refractivity contribution in [1.29, 1.82) is 0 Å². The van der Waals surface area contributed by atoms with E-state index in [4.69, 9.17) is 9.47 Å². The zero-order chi connectivity index (χ0) is 20.1. The fourth-order valence-electron chi connectivity index (χ4n) is 2.81. The molecule has 28 heavy (non-hydrogen) atoms. The molecule has 0 amide bonds. The van der Waals surface area contributed by atoms with E-state index in [-0.39, 0.29) is 29.0 Å². The summed E-state index contributed by atoms with van der Waals surface area (Å²) in [5, 5.41) is 0. The second-order valence-electron chi connectivity index (χ2n) is 6.02. The zero-order valence-electron chi connectivity index (χ0n) is 15.0. The standard InChI is InChI=1S/C22H17F3O3/c1-27-21(26)16-11-12-18(17-9-5-6-10-19(17)22(23,24)25)20(13-16)28-14-15-7-3-2-4-8-15/h2-13H,14H2,1H3. The summed E-state index contributed by atoms with van der Waals surface area (Å²) in [4.78, 5) is 11.9. The molecule has 144 valence electrons. The third-order valence-corrected chi connectivity index (χ3v) is 4.16. The molecule has 3 aromatic carbocycles. The van der Waals surface area contributed by atoms with Crippen LogP contribution >= 0.6 is 0 Å². The van der Waals surface area contributed by atoms with Gasteiger partial charge in [0.15, 0.2) is 0 Å². The SMILES string of the molecule is COC(=O)c1ccc(-c2ccccc2C(F)(F)F)c(OCc2ccccc2)c1. The highest BCUT2D eigenvalue weighted by Gasteiger charge is 2.34. The van der Waals surface area contributed by atoms with Gasteiger partial charge in [0, 0.05) is 5.56 Å². The largest absolute Gasteiger partial charge is 0.488 e. The summed E-state index contributed by atoms with van der Waals surface area (Å²) in [6.07, 6.45) is -4.52. The number of carbonyl (C=O) groups excluding carboxylic acids is 1. The van der Waals surface area contributed by atoms with Gasteiger partial charge in [-0.15, -0.1) is 0 Å². The molecule has 0 aliphatic carbocycles. The van der Waals surface area contributed by atoms with Gasteiger partial charge in [0.25, 0.3) is 0 Å². The van der Waals surface area contributed by atoms with E-state index >= 15 is 0 Å². The third kappa shape index (κ3) is 4.34. The predicted molar refractivity (Wildman–Crippen MR) is 99.0 cm³/mol. The van der Waals surface area contributed by atoms with Crippen molar-refractivity contribution in [3.8, 4) is 16.9 Å². The molecule has 3 aromatic rings. The van der Waals surface area contributed by atoms with E-state index in [9.17, 15) is 18.0 Å². The van der Waals surface area contributed by atoms with Crippen molar-refractivity contribution < 1.29 is 27.4 Å². The Morgan fingerprint density at radius 3 is 2.25 bits per heavy atom. The lowest BCUT2D eigenvalue weighted by atomic mass is 9.97. The van der Waals surface area contributed by atoms with Crippen LogP contribution in [0.2, 0.25) is 0 Å². The Morgan fingerprint density at radius 1 is 0.893 bits per heavy atom. The molecule has 0 spiro atoms. The van der Waals surface area contributed by atoms with Crippen LogP contribution in [-0.2, 0) is 17.5 Å². The molecule has 3 nitrogen and oxygen atoms in total. The van der Waals surface area contributed by atoms with Crippen molar-refractivity contribution in [1.82, 2.24) is 0 Å². The van der Waals surface area contributed by atoms with Crippen LogP contribution in [-0.4, -0.2) is 13.1 Å². The summed E-state index contributed by atoms with van der Waals surface area (Å²) in [5.41, 5.74) is 0.496. The van der Waals surface area contributed by atoms with Crippen LogP contribution in [0.15, 0.2) is 72.8 Å². The van der Waals surface area contributed by atoms with E-state index in [2.05, 4.69) is 0 Å². The summed E-state index contributed by atoms with van der Waals surface area (Å²) >= 11 is 0. The lowest BCUT2D eigenvalue weighted by molar-refractivity contribution is -0.137. The highest BCUT2D eigenvalue weighted by Crippen LogP contribution is 2.40. The van der Waals surface area contributed by atoms with E-state index in [1.165, 1.54) is 43.5 Å². The quantitative estimate of drug-likeness (QED) is 0.525. The summed E-state index contributed by atoms with van der Waals surface area (Å²) in [5.74, 6) is -0.427. The van der Waals surface area contributed by atoms with Crippen molar-refractivity contribution in [2.75, 3.05) is 7.11 Å². The van der Waals surface area contributed by atoms with Gasteiger partial charge in [0.05, 0.1) is 18.2 Å². The van der Waals surface area contributed by atoms with E-state index in [1.54, 1.807) is 0 Å². The van der Waals surface area contributed by atoms with Crippen molar-refractivity contribution in [3.63, 3.8) is 0 Å². The molecule has 0 radical (unpaired) electrons. The van der Waals surface area contributed by atoms with Gasteiger partial charge < -0.3 is 9.47 Å². The number of esters is 1. The van der Waals surface area contributed by atoms with Gasteiger partial charge in [-0.1, -0.05) is 48.5 Å². The van der Waals surface area contributed by atoms with Gasteiger partial charge in [0.1, 0.15) is 12.4 Å². The average Bonchev–Trinajstić information content (AvgIpc) is 2.71. The molecule has 0 aliphatic rings. The Labute approximate surface area is 160 Å². The van der Waals surface area contributed by atoms with Crippen molar-refractivity contribution >= 4 is 5.97 Å². The smallest absolute Gasteiger partial charge is 0.417 e. The van der Waals surface area contributed by atoms with E-state index < -0.39 is 17.7 Å². The molecule has 0 atom stereocenters. The summed E-state index contributed by atoms with van der Waals surface area (Å²) in [6, 6.07) is 18.7. The second-order valence-corrected chi connectivity index (χ2v) is 6.02. The van der Waals surface area contributed by atoms with Gasteiger partial charge in [-0.25, -0.2) is 4.79 Å². The normalized spacial score (nSPS) is 11.1. The molecule has 3 rings (SSSR count). The number of ether oxygens (including phenoxy) is 2. The minimum atomic E-state index is -4.52. The number of methoxy groups -OCH3 is 1. The summed E-state index contributed by atoms with van der Waals surface area (Å²) in [6.45, 7) is 0.145. The first kappa shape index (κ1) is 19.5. The molecule has 0 fully saturated rings. The Hall–Kier alpha value is -3.28. The van der Waals surface area contributed by atoms with Gasteiger partial charge in [-0.05, 0) is 35.4 Å². The number of carbonyl (C=O) groups is 1. The highest BCUT2D eigenvalue weighted by atomic mass is 19.4. The molecular weight excluding hydrogens is 369 g/mol. The summed E-state index contributed by atoms with van der Waals surface area (Å²) < 4.78 is 50.9. The van der Waals surface area contributed by atoms with Crippen molar-refractivity contribution in [2.24, 2.45) is 0 Å². The fourth-order valence-corrected chi connectivity index (χ4v) is 2.81. The number of benzene rings is 3. The average molecular weight is 386 g/mol. The first-order valence-corrected chi connectivity index (χ1v) is 8.46. The third-order valence-electron chi connectivity index (χ3n) is 4.16. The molecular formula is C22H17F3O3. The molecule has 0 aliphatic heterocycles. The second kappa shape index (κ2) is 8.17. The van der Waals surface area contributed by atoms with Gasteiger partial charge in [-0.3, -0.25) is 0 Å². The van der Waals surface area contributed by atoms with Crippen LogP contribution in [0.4, 0.5) is 13.2 Å². The molecule has 0 heterocycles. The molecule has 0 saturated heterocycles. The maximum atomic E-state index is 13.5. The molecule has 0 aromatic heterocycles.